The Labute approximate surface area is 153 Å². The summed E-state index contributed by atoms with van der Waals surface area (Å²) in [6.07, 6.45) is 0.989. The van der Waals surface area contributed by atoms with Gasteiger partial charge in [0.2, 0.25) is 10.0 Å². The van der Waals surface area contributed by atoms with Crippen molar-refractivity contribution in [2.75, 3.05) is 13.1 Å². The Balaban J connectivity index is 1.67. The van der Waals surface area contributed by atoms with E-state index >= 15 is 0 Å². The zero-order valence-corrected chi connectivity index (χ0v) is 16.2. The Morgan fingerprint density at radius 3 is 2.64 bits per heavy atom. The molecule has 0 bridgehead atoms. The third kappa shape index (κ3) is 3.89. The molecule has 0 fully saturated rings. The molecule has 25 heavy (non-hydrogen) atoms. The molecule has 1 N–H and O–H groups in total. The fourth-order valence-electron chi connectivity index (χ4n) is 3.37. The van der Waals surface area contributed by atoms with Crippen molar-refractivity contribution in [1.82, 2.24) is 19.4 Å². The molecule has 0 saturated heterocycles. The molecule has 0 aliphatic carbocycles. The van der Waals surface area contributed by atoms with Gasteiger partial charge in [0.25, 0.3) is 0 Å². The minimum absolute atomic E-state index is 0.0625. The monoisotopic (exact) mass is 382 g/mol. The standard InChI is InChI=1S/C17H23ClN4O2S/c1-12(10-22-9-8-14-6-4-5-7-15(14)11-22)20-25(23,24)16-13(2)19-21(3)17(16)18/h4-7,12,20H,8-11H2,1-3H3. The number of nitrogens with one attached hydrogen (secondary N) is 1. The molecule has 1 unspecified atom stereocenters. The van der Waals surface area contributed by atoms with Crippen molar-refractivity contribution in [3.8, 4) is 0 Å². The minimum Gasteiger partial charge on any atom is -0.297 e. The molecule has 1 aliphatic heterocycles. The van der Waals surface area contributed by atoms with E-state index < -0.39 is 10.0 Å². The van der Waals surface area contributed by atoms with Gasteiger partial charge < -0.3 is 0 Å². The highest BCUT2D eigenvalue weighted by Crippen LogP contribution is 2.24. The number of fused-ring (bicyclic) bond motifs is 1. The second-order valence-corrected chi connectivity index (χ2v) is 8.61. The van der Waals surface area contributed by atoms with Crippen molar-refractivity contribution in [1.29, 1.82) is 0 Å². The van der Waals surface area contributed by atoms with Crippen LogP contribution >= 0.6 is 11.6 Å². The van der Waals surface area contributed by atoms with Gasteiger partial charge in [-0.15, -0.1) is 0 Å². The first kappa shape index (κ1) is 18.4. The van der Waals surface area contributed by atoms with E-state index in [0.717, 1.165) is 19.5 Å². The van der Waals surface area contributed by atoms with Crippen molar-refractivity contribution in [3.05, 3.63) is 46.2 Å². The highest BCUT2D eigenvalue weighted by atomic mass is 35.5. The number of sulfonamides is 1. The zero-order chi connectivity index (χ0) is 18.2. The first-order valence-electron chi connectivity index (χ1n) is 8.28. The van der Waals surface area contributed by atoms with Gasteiger partial charge >= 0.3 is 0 Å². The molecule has 1 atom stereocenters. The molecular formula is C17H23ClN4O2S. The van der Waals surface area contributed by atoms with Crippen molar-refractivity contribution in [2.24, 2.45) is 7.05 Å². The predicted octanol–water partition coefficient (Wildman–Crippen LogP) is 2.11. The summed E-state index contributed by atoms with van der Waals surface area (Å²) in [7, 11) is -2.08. The summed E-state index contributed by atoms with van der Waals surface area (Å²) in [5.41, 5.74) is 3.10. The molecule has 1 aromatic heterocycles. The lowest BCUT2D eigenvalue weighted by Crippen LogP contribution is -2.43. The summed E-state index contributed by atoms with van der Waals surface area (Å²) in [5, 5.41) is 4.21. The molecular weight excluding hydrogens is 360 g/mol. The van der Waals surface area contributed by atoms with Crippen molar-refractivity contribution >= 4 is 21.6 Å². The fraction of sp³-hybridized carbons (Fsp3) is 0.471. The minimum atomic E-state index is -3.70. The Kier molecular flexibility index (Phi) is 5.20. The van der Waals surface area contributed by atoms with E-state index in [4.69, 9.17) is 11.6 Å². The van der Waals surface area contributed by atoms with Crippen LogP contribution in [0.4, 0.5) is 0 Å². The van der Waals surface area contributed by atoms with E-state index in [1.165, 1.54) is 15.8 Å². The van der Waals surface area contributed by atoms with Crippen LogP contribution in [0.15, 0.2) is 29.2 Å². The number of rotatable bonds is 5. The van der Waals surface area contributed by atoms with E-state index in [1.54, 1.807) is 14.0 Å². The number of halogens is 1. The van der Waals surface area contributed by atoms with Crippen LogP contribution in [0.2, 0.25) is 5.15 Å². The van der Waals surface area contributed by atoms with Gasteiger partial charge in [-0.05, 0) is 31.4 Å². The van der Waals surface area contributed by atoms with E-state index in [-0.39, 0.29) is 16.1 Å². The van der Waals surface area contributed by atoms with Crippen LogP contribution in [0, 0.1) is 6.92 Å². The maximum absolute atomic E-state index is 12.7. The Hall–Kier alpha value is -1.41. The molecule has 6 nitrogen and oxygen atoms in total. The lowest BCUT2D eigenvalue weighted by molar-refractivity contribution is 0.237. The summed E-state index contributed by atoms with van der Waals surface area (Å²) in [6.45, 7) is 5.93. The van der Waals surface area contributed by atoms with Crippen LogP contribution in [-0.2, 0) is 30.0 Å². The molecule has 1 aliphatic rings. The van der Waals surface area contributed by atoms with Gasteiger partial charge in [-0.25, -0.2) is 13.1 Å². The Morgan fingerprint density at radius 2 is 2.00 bits per heavy atom. The van der Waals surface area contributed by atoms with Gasteiger partial charge in [-0.3, -0.25) is 9.58 Å². The molecule has 8 heteroatoms. The third-order valence-corrected chi connectivity index (χ3v) is 6.75. The van der Waals surface area contributed by atoms with Gasteiger partial charge in [0.05, 0.1) is 5.69 Å². The molecule has 136 valence electrons. The van der Waals surface area contributed by atoms with Crippen LogP contribution in [0.1, 0.15) is 23.7 Å². The quantitative estimate of drug-likeness (QED) is 0.860. The van der Waals surface area contributed by atoms with Gasteiger partial charge in [0.1, 0.15) is 10.0 Å². The molecule has 2 aromatic rings. The Morgan fingerprint density at radius 1 is 1.32 bits per heavy atom. The molecule has 3 rings (SSSR count). The first-order valence-corrected chi connectivity index (χ1v) is 10.1. The zero-order valence-electron chi connectivity index (χ0n) is 14.7. The second kappa shape index (κ2) is 7.07. The topological polar surface area (TPSA) is 67.2 Å². The summed E-state index contributed by atoms with van der Waals surface area (Å²) < 4.78 is 29.4. The van der Waals surface area contributed by atoms with Crippen LogP contribution in [0.25, 0.3) is 0 Å². The first-order chi connectivity index (χ1) is 11.8. The van der Waals surface area contributed by atoms with E-state index in [0.29, 0.717) is 12.2 Å². The molecule has 0 radical (unpaired) electrons. The lowest BCUT2D eigenvalue weighted by atomic mass is 10.00. The molecule has 1 aromatic carbocycles. The number of nitrogens with zero attached hydrogens (tertiary/aromatic N) is 3. The lowest BCUT2D eigenvalue weighted by Gasteiger charge is -2.31. The average Bonchev–Trinajstić information content (AvgIpc) is 2.79. The highest BCUT2D eigenvalue weighted by molar-refractivity contribution is 7.89. The number of hydrogen-bond donors (Lipinski definition) is 1. The van der Waals surface area contributed by atoms with Crippen LogP contribution in [0.5, 0.6) is 0 Å². The maximum Gasteiger partial charge on any atom is 0.245 e. The summed E-state index contributed by atoms with van der Waals surface area (Å²) in [4.78, 5) is 2.33. The number of aromatic nitrogens is 2. The summed E-state index contributed by atoms with van der Waals surface area (Å²) >= 11 is 6.10. The number of hydrogen-bond acceptors (Lipinski definition) is 4. The number of aryl methyl sites for hydroxylation is 2. The predicted molar refractivity (Wildman–Crippen MR) is 98.2 cm³/mol. The second-order valence-electron chi connectivity index (χ2n) is 6.61. The highest BCUT2D eigenvalue weighted by Gasteiger charge is 2.27. The molecule has 0 spiro atoms. The van der Waals surface area contributed by atoms with Gasteiger partial charge in [0.15, 0.2) is 0 Å². The van der Waals surface area contributed by atoms with Gasteiger partial charge in [-0.1, -0.05) is 35.9 Å². The van der Waals surface area contributed by atoms with E-state index in [1.807, 2.05) is 13.0 Å². The van der Waals surface area contributed by atoms with Crippen LogP contribution < -0.4 is 4.72 Å². The summed E-state index contributed by atoms with van der Waals surface area (Å²) in [5.74, 6) is 0. The normalized spacial score (nSPS) is 16.6. The fourth-order valence-corrected chi connectivity index (χ4v) is 5.36. The SMILES string of the molecule is Cc1nn(C)c(Cl)c1S(=O)(=O)NC(C)CN1CCc2ccccc2C1. The van der Waals surface area contributed by atoms with Crippen LogP contribution in [0.3, 0.4) is 0 Å². The van der Waals surface area contributed by atoms with Crippen molar-refractivity contribution < 1.29 is 8.42 Å². The molecule has 0 amide bonds. The largest absolute Gasteiger partial charge is 0.297 e. The van der Waals surface area contributed by atoms with Gasteiger partial charge in [0, 0.05) is 32.7 Å². The van der Waals surface area contributed by atoms with Crippen molar-refractivity contribution in [3.63, 3.8) is 0 Å². The third-order valence-electron chi connectivity index (χ3n) is 4.47. The maximum atomic E-state index is 12.7. The number of benzene rings is 1. The van der Waals surface area contributed by atoms with Crippen molar-refractivity contribution in [2.45, 2.75) is 37.8 Å². The van der Waals surface area contributed by atoms with E-state index in [2.05, 4.69) is 32.9 Å². The van der Waals surface area contributed by atoms with Gasteiger partial charge in [-0.2, -0.15) is 5.10 Å². The average molecular weight is 383 g/mol. The van der Waals surface area contributed by atoms with Crippen LogP contribution in [-0.4, -0.2) is 42.2 Å². The molecule has 0 saturated carbocycles. The Bertz CT molecular complexity index is 879. The van der Waals surface area contributed by atoms with E-state index in [9.17, 15) is 8.42 Å². The summed E-state index contributed by atoms with van der Waals surface area (Å²) in [6, 6.07) is 8.17. The smallest absolute Gasteiger partial charge is 0.245 e. The molecule has 2 heterocycles.